The van der Waals surface area contributed by atoms with Gasteiger partial charge in [-0.25, -0.2) is 4.98 Å². The van der Waals surface area contributed by atoms with Gasteiger partial charge in [0, 0.05) is 18.5 Å². The number of halogens is 1. The highest BCUT2D eigenvalue weighted by Gasteiger charge is 2.03. The predicted octanol–water partition coefficient (Wildman–Crippen LogP) is 2.45. The molecule has 0 aromatic carbocycles. The van der Waals surface area contributed by atoms with Gasteiger partial charge in [-0.05, 0) is 15.9 Å². The molecule has 2 heterocycles. The maximum absolute atomic E-state index is 5.00. The fourth-order valence-corrected chi connectivity index (χ4v) is 1.85. The first kappa shape index (κ1) is 8.83. The van der Waals surface area contributed by atoms with E-state index in [1.165, 1.54) is 0 Å². The Labute approximate surface area is 87.2 Å². The van der Waals surface area contributed by atoms with E-state index in [-0.39, 0.29) is 0 Å². The van der Waals surface area contributed by atoms with Crippen molar-refractivity contribution in [2.45, 2.75) is 10.9 Å². The second-order valence-corrected chi connectivity index (χ2v) is 4.08. The summed E-state index contributed by atoms with van der Waals surface area (Å²) in [6.07, 6.45) is 3.51. The monoisotopic (exact) mass is 259 g/mol. The van der Waals surface area contributed by atoms with Crippen LogP contribution in [0.25, 0.3) is 0 Å². The van der Waals surface area contributed by atoms with Crippen molar-refractivity contribution in [1.82, 2.24) is 15.1 Å². The maximum atomic E-state index is 5.00. The summed E-state index contributed by atoms with van der Waals surface area (Å²) in [5.41, 5.74) is 0. The van der Waals surface area contributed by atoms with Gasteiger partial charge in [0.1, 0.15) is 10.4 Å². The van der Waals surface area contributed by atoms with Crippen LogP contribution in [0.4, 0.5) is 0 Å². The molecular weight excluding hydrogens is 254 g/mol. The number of aromatic nitrogens is 3. The minimum Gasteiger partial charge on any atom is -0.359 e. The van der Waals surface area contributed by atoms with Gasteiger partial charge in [-0.3, -0.25) is 0 Å². The molecule has 13 heavy (non-hydrogen) atoms. The van der Waals surface area contributed by atoms with Crippen LogP contribution in [0.15, 0.2) is 32.7 Å². The van der Waals surface area contributed by atoms with Gasteiger partial charge in [0.25, 0.3) is 0 Å². The molecule has 0 amide bonds. The standard InChI is InChI=1S/C7H6BrN3OS/c8-6-3-5(12-11-6)4-13-7-9-1-2-10-7/h1-3H,4H2,(H,9,10). The van der Waals surface area contributed by atoms with Crippen molar-refractivity contribution in [2.75, 3.05) is 0 Å². The number of hydrogen-bond donors (Lipinski definition) is 1. The lowest BCUT2D eigenvalue weighted by molar-refractivity contribution is 0.391. The van der Waals surface area contributed by atoms with E-state index >= 15 is 0 Å². The zero-order valence-corrected chi connectivity index (χ0v) is 8.93. The third kappa shape index (κ3) is 2.35. The van der Waals surface area contributed by atoms with Crippen LogP contribution in [0.2, 0.25) is 0 Å². The lowest BCUT2D eigenvalue weighted by Gasteiger charge is -1.91. The number of nitrogens with one attached hydrogen (secondary N) is 1. The molecule has 1 N–H and O–H groups in total. The van der Waals surface area contributed by atoms with Gasteiger partial charge in [-0.2, -0.15) is 0 Å². The predicted molar refractivity (Wildman–Crippen MR) is 52.4 cm³/mol. The van der Waals surface area contributed by atoms with Crippen LogP contribution in [0.3, 0.4) is 0 Å². The Morgan fingerprint density at radius 2 is 2.54 bits per heavy atom. The van der Waals surface area contributed by atoms with Gasteiger partial charge in [0.15, 0.2) is 5.16 Å². The first-order valence-electron chi connectivity index (χ1n) is 3.58. The summed E-state index contributed by atoms with van der Waals surface area (Å²) in [7, 11) is 0. The Balaban J connectivity index is 1.93. The number of thioether (sulfide) groups is 1. The highest BCUT2D eigenvalue weighted by Crippen LogP contribution is 2.20. The smallest absolute Gasteiger partial charge is 0.165 e. The topological polar surface area (TPSA) is 54.7 Å². The molecule has 0 aliphatic carbocycles. The second kappa shape index (κ2) is 3.97. The molecule has 2 aromatic heterocycles. The van der Waals surface area contributed by atoms with Crippen molar-refractivity contribution in [1.29, 1.82) is 0 Å². The molecule has 2 rings (SSSR count). The minimum atomic E-state index is 0.725. The Morgan fingerprint density at radius 3 is 3.15 bits per heavy atom. The van der Waals surface area contributed by atoms with Crippen LogP contribution < -0.4 is 0 Å². The van der Waals surface area contributed by atoms with Crippen LogP contribution in [-0.4, -0.2) is 15.1 Å². The van der Waals surface area contributed by atoms with Gasteiger partial charge in [-0.15, -0.1) is 0 Å². The van der Waals surface area contributed by atoms with E-state index in [0.717, 1.165) is 21.3 Å². The number of H-pyrrole nitrogens is 1. The summed E-state index contributed by atoms with van der Waals surface area (Å²) in [4.78, 5) is 7.06. The third-order valence-electron chi connectivity index (χ3n) is 1.35. The number of hydrogen-bond acceptors (Lipinski definition) is 4. The van der Waals surface area contributed by atoms with Crippen LogP contribution in [0.5, 0.6) is 0 Å². The average molecular weight is 260 g/mol. The Kier molecular flexibility index (Phi) is 2.70. The molecular formula is C7H6BrN3OS. The molecule has 0 aliphatic rings. The van der Waals surface area contributed by atoms with Crippen molar-refractivity contribution in [3.63, 3.8) is 0 Å². The van der Waals surface area contributed by atoms with E-state index < -0.39 is 0 Å². The van der Waals surface area contributed by atoms with E-state index in [9.17, 15) is 0 Å². The molecule has 68 valence electrons. The number of imidazole rings is 1. The van der Waals surface area contributed by atoms with Crippen LogP contribution >= 0.6 is 27.7 Å². The molecule has 0 spiro atoms. The lowest BCUT2D eigenvalue weighted by atomic mass is 10.5. The quantitative estimate of drug-likeness (QED) is 0.861. The Bertz CT molecular complexity index is 373. The van der Waals surface area contributed by atoms with Crippen LogP contribution in [0.1, 0.15) is 5.76 Å². The summed E-state index contributed by atoms with van der Waals surface area (Å²) in [5, 5.41) is 4.60. The Morgan fingerprint density at radius 1 is 1.62 bits per heavy atom. The fourth-order valence-electron chi connectivity index (χ4n) is 0.825. The molecule has 0 atom stereocenters. The van der Waals surface area contributed by atoms with Gasteiger partial charge in [0.2, 0.25) is 0 Å². The van der Waals surface area contributed by atoms with Crippen molar-refractivity contribution in [3.05, 3.63) is 28.8 Å². The molecule has 4 nitrogen and oxygen atoms in total. The van der Waals surface area contributed by atoms with Crippen molar-refractivity contribution in [3.8, 4) is 0 Å². The molecule has 0 saturated carbocycles. The van der Waals surface area contributed by atoms with Crippen molar-refractivity contribution >= 4 is 27.7 Å². The SMILES string of the molecule is Brc1cc(CSc2ncc[nH]2)on1. The number of rotatable bonds is 3. The molecule has 0 bridgehead atoms. The Hall–Kier alpha value is -0.750. The van der Waals surface area contributed by atoms with Crippen molar-refractivity contribution in [2.24, 2.45) is 0 Å². The van der Waals surface area contributed by atoms with E-state index in [4.69, 9.17) is 4.52 Å². The first-order chi connectivity index (χ1) is 6.34. The molecule has 2 aromatic rings. The maximum Gasteiger partial charge on any atom is 0.165 e. The third-order valence-corrected chi connectivity index (χ3v) is 2.65. The fraction of sp³-hybridized carbons (Fsp3) is 0.143. The van der Waals surface area contributed by atoms with E-state index in [0.29, 0.717) is 0 Å². The van der Waals surface area contributed by atoms with E-state index in [2.05, 4.69) is 31.1 Å². The number of nitrogens with zero attached hydrogens (tertiary/aromatic N) is 2. The minimum absolute atomic E-state index is 0.725. The molecule has 0 fully saturated rings. The molecule has 0 radical (unpaired) electrons. The van der Waals surface area contributed by atoms with Crippen molar-refractivity contribution < 1.29 is 4.52 Å². The van der Waals surface area contributed by atoms with E-state index in [1.54, 1.807) is 24.2 Å². The molecule has 6 heteroatoms. The first-order valence-corrected chi connectivity index (χ1v) is 5.36. The van der Waals surface area contributed by atoms with Crippen LogP contribution in [-0.2, 0) is 5.75 Å². The summed E-state index contributed by atoms with van der Waals surface area (Å²) >= 11 is 4.79. The normalized spacial score (nSPS) is 10.5. The highest BCUT2D eigenvalue weighted by atomic mass is 79.9. The summed E-state index contributed by atoms with van der Waals surface area (Å²) < 4.78 is 5.73. The van der Waals surface area contributed by atoms with Gasteiger partial charge in [0.05, 0.1) is 5.75 Å². The molecule has 0 aliphatic heterocycles. The molecule has 0 unspecified atom stereocenters. The van der Waals surface area contributed by atoms with Gasteiger partial charge < -0.3 is 9.51 Å². The lowest BCUT2D eigenvalue weighted by Crippen LogP contribution is -1.77. The second-order valence-electron chi connectivity index (χ2n) is 2.30. The summed E-state index contributed by atoms with van der Waals surface area (Å²) in [6.45, 7) is 0. The molecule has 0 saturated heterocycles. The number of aromatic amines is 1. The summed E-state index contributed by atoms with van der Waals surface area (Å²) in [6, 6.07) is 1.84. The highest BCUT2D eigenvalue weighted by molar-refractivity contribution is 9.10. The van der Waals surface area contributed by atoms with Gasteiger partial charge in [-0.1, -0.05) is 16.9 Å². The van der Waals surface area contributed by atoms with Gasteiger partial charge >= 0.3 is 0 Å². The van der Waals surface area contributed by atoms with Crippen LogP contribution in [0, 0.1) is 0 Å². The zero-order chi connectivity index (χ0) is 9.10. The largest absolute Gasteiger partial charge is 0.359 e. The summed E-state index contributed by atoms with van der Waals surface area (Å²) in [5.74, 6) is 1.56. The average Bonchev–Trinajstić information content (AvgIpc) is 2.71. The van der Waals surface area contributed by atoms with E-state index in [1.807, 2.05) is 6.07 Å². The zero-order valence-electron chi connectivity index (χ0n) is 6.53.